The molecule has 1 rings (SSSR count). The zero-order valence-electron chi connectivity index (χ0n) is 9.22. The second kappa shape index (κ2) is 8.63. The van der Waals surface area contributed by atoms with Gasteiger partial charge in [-0.05, 0) is 35.2 Å². The smallest absolute Gasteiger partial charge is 0.748 e. The molecule has 86 valence electrons. The molecule has 0 saturated heterocycles. The van der Waals surface area contributed by atoms with E-state index in [0.717, 1.165) is 5.56 Å². The number of hydrogen-bond acceptors (Lipinski definition) is 5. The summed E-state index contributed by atoms with van der Waals surface area (Å²) in [7, 11) is -4.06. The Morgan fingerprint density at radius 1 is 1.38 bits per heavy atom. The van der Waals surface area contributed by atoms with Crippen LogP contribution in [0.5, 0.6) is 0 Å². The van der Waals surface area contributed by atoms with Crippen molar-refractivity contribution in [1.82, 2.24) is 0 Å². The molecular formula is C9H13NaO4S2. The van der Waals surface area contributed by atoms with Crippen LogP contribution in [0.15, 0.2) is 16.8 Å². The van der Waals surface area contributed by atoms with Crippen molar-refractivity contribution in [1.29, 1.82) is 0 Å². The largest absolute Gasteiger partial charge is 1.00 e. The molecule has 0 amide bonds. The van der Waals surface area contributed by atoms with Crippen LogP contribution >= 0.6 is 11.3 Å². The Kier molecular flexibility index (Phi) is 8.94. The van der Waals surface area contributed by atoms with Crippen LogP contribution in [0.2, 0.25) is 0 Å². The SMILES string of the molecule is O=S(=O)([O-])CCCCOCc1ccsc1.[Na+]. The van der Waals surface area contributed by atoms with E-state index in [2.05, 4.69) is 0 Å². The van der Waals surface area contributed by atoms with Crippen molar-refractivity contribution in [2.75, 3.05) is 12.4 Å². The second-order valence-electron chi connectivity index (χ2n) is 3.15. The van der Waals surface area contributed by atoms with Crippen LogP contribution in [-0.2, 0) is 21.5 Å². The first-order valence-corrected chi connectivity index (χ1v) is 7.12. The summed E-state index contributed by atoms with van der Waals surface area (Å²) in [6.07, 6.45) is 0.973. The van der Waals surface area contributed by atoms with Crippen LogP contribution < -0.4 is 29.6 Å². The summed E-state index contributed by atoms with van der Waals surface area (Å²) in [6, 6.07) is 1.98. The Morgan fingerprint density at radius 3 is 2.69 bits per heavy atom. The summed E-state index contributed by atoms with van der Waals surface area (Å²) in [5.74, 6) is -0.297. The molecule has 1 aromatic heterocycles. The van der Waals surface area contributed by atoms with Gasteiger partial charge in [0.15, 0.2) is 0 Å². The van der Waals surface area contributed by atoms with Gasteiger partial charge in [-0.2, -0.15) is 11.3 Å². The molecule has 0 spiro atoms. The predicted molar refractivity (Wildman–Crippen MR) is 57.8 cm³/mol. The quantitative estimate of drug-likeness (QED) is 0.348. The van der Waals surface area contributed by atoms with Crippen LogP contribution in [0.25, 0.3) is 0 Å². The van der Waals surface area contributed by atoms with E-state index in [1.165, 1.54) is 0 Å². The minimum absolute atomic E-state index is 0. The van der Waals surface area contributed by atoms with Crippen molar-refractivity contribution in [3.8, 4) is 0 Å². The fourth-order valence-electron chi connectivity index (χ4n) is 1.05. The number of rotatable bonds is 7. The molecule has 0 unspecified atom stereocenters. The van der Waals surface area contributed by atoms with Crippen LogP contribution in [0.3, 0.4) is 0 Å². The van der Waals surface area contributed by atoms with Gasteiger partial charge in [0.25, 0.3) is 0 Å². The van der Waals surface area contributed by atoms with Gasteiger partial charge >= 0.3 is 29.6 Å². The molecule has 0 fully saturated rings. The predicted octanol–water partition coefficient (Wildman–Crippen LogP) is -1.41. The maximum absolute atomic E-state index is 10.3. The van der Waals surface area contributed by atoms with E-state index in [9.17, 15) is 13.0 Å². The van der Waals surface area contributed by atoms with Crippen LogP contribution in [0, 0.1) is 0 Å². The minimum Gasteiger partial charge on any atom is -0.748 e. The van der Waals surface area contributed by atoms with Gasteiger partial charge in [-0.15, -0.1) is 0 Å². The number of ether oxygens (including phenoxy) is 1. The third-order valence-corrected chi connectivity index (χ3v) is 3.30. The molecule has 4 nitrogen and oxygen atoms in total. The first-order valence-electron chi connectivity index (χ1n) is 4.60. The Morgan fingerprint density at radius 2 is 2.12 bits per heavy atom. The summed E-state index contributed by atoms with van der Waals surface area (Å²) in [4.78, 5) is 0. The number of thiophene rings is 1. The number of hydrogen-bond donors (Lipinski definition) is 0. The molecule has 0 aliphatic heterocycles. The van der Waals surface area contributed by atoms with Gasteiger partial charge in [-0.3, -0.25) is 0 Å². The first kappa shape index (κ1) is 16.6. The van der Waals surface area contributed by atoms with E-state index in [-0.39, 0.29) is 35.3 Å². The molecule has 0 saturated carbocycles. The van der Waals surface area contributed by atoms with Crippen molar-refractivity contribution in [2.24, 2.45) is 0 Å². The molecule has 16 heavy (non-hydrogen) atoms. The van der Waals surface area contributed by atoms with Crippen LogP contribution in [0.1, 0.15) is 18.4 Å². The van der Waals surface area contributed by atoms with E-state index in [4.69, 9.17) is 4.74 Å². The summed E-state index contributed by atoms with van der Waals surface area (Å²) in [5, 5.41) is 3.98. The van der Waals surface area contributed by atoms with Crippen LogP contribution in [0.4, 0.5) is 0 Å². The molecule has 1 heterocycles. The molecule has 0 aliphatic rings. The van der Waals surface area contributed by atoms with Gasteiger partial charge in [0.1, 0.15) is 0 Å². The molecule has 0 N–H and O–H groups in total. The summed E-state index contributed by atoms with van der Waals surface area (Å²) in [6.45, 7) is 1.04. The normalized spacial score (nSPS) is 11.1. The van der Waals surface area contributed by atoms with Crippen LogP contribution in [-0.4, -0.2) is 25.3 Å². The summed E-state index contributed by atoms with van der Waals surface area (Å²) >= 11 is 1.61. The Bertz CT molecular complexity index is 361. The molecular weight excluding hydrogens is 259 g/mol. The molecule has 1 aromatic rings. The fraction of sp³-hybridized carbons (Fsp3) is 0.556. The zero-order valence-corrected chi connectivity index (χ0v) is 12.9. The third-order valence-electron chi connectivity index (χ3n) is 1.78. The molecule has 0 aromatic carbocycles. The number of unbranched alkanes of at least 4 members (excludes halogenated alkanes) is 1. The average molecular weight is 272 g/mol. The maximum atomic E-state index is 10.3. The van der Waals surface area contributed by atoms with Gasteiger partial charge in [0.05, 0.1) is 16.7 Å². The van der Waals surface area contributed by atoms with E-state index >= 15 is 0 Å². The molecule has 0 aliphatic carbocycles. The zero-order chi connectivity index (χ0) is 11.1. The molecule has 0 radical (unpaired) electrons. The summed E-state index contributed by atoms with van der Waals surface area (Å²) in [5.41, 5.74) is 1.12. The molecule has 0 bridgehead atoms. The van der Waals surface area contributed by atoms with Gasteiger partial charge in [0.2, 0.25) is 0 Å². The average Bonchev–Trinajstić information content (AvgIpc) is 2.61. The topological polar surface area (TPSA) is 66.4 Å². The van der Waals surface area contributed by atoms with Crippen molar-refractivity contribution >= 4 is 21.5 Å². The molecule has 0 atom stereocenters. The van der Waals surface area contributed by atoms with Crippen molar-refractivity contribution < 1.29 is 47.3 Å². The Labute approximate surface area is 122 Å². The van der Waals surface area contributed by atoms with Crippen molar-refractivity contribution in [3.05, 3.63) is 22.4 Å². The standard InChI is InChI=1S/C9H14O4S2.Na/c10-15(11,12)6-2-1-4-13-7-9-3-5-14-8-9;/h3,5,8H,1-2,4,6-7H2,(H,10,11,12);/q;+1/p-1. The van der Waals surface area contributed by atoms with E-state index in [1.807, 2.05) is 16.8 Å². The minimum atomic E-state index is -4.06. The Balaban J connectivity index is 0.00000225. The van der Waals surface area contributed by atoms with Gasteiger partial charge in [0, 0.05) is 12.4 Å². The van der Waals surface area contributed by atoms with E-state index in [0.29, 0.717) is 26.1 Å². The van der Waals surface area contributed by atoms with Gasteiger partial charge < -0.3 is 9.29 Å². The van der Waals surface area contributed by atoms with E-state index in [1.54, 1.807) is 11.3 Å². The van der Waals surface area contributed by atoms with Gasteiger partial charge in [-0.25, -0.2) is 8.42 Å². The van der Waals surface area contributed by atoms with Crippen molar-refractivity contribution in [3.63, 3.8) is 0 Å². The van der Waals surface area contributed by atoms with Crippen molar-refractivity contribution in [2.45, 2.75) is 19.4 Å². The third kappa shape index (κ3) is 8.69. The fourth-order valence-corrected chi connectivity index (χ4v) is 2.26. The van der Waals surface area contributed by atoms with E-state index < -0.39 is 10.1 Å². The first-order chi connectivity index (χ1) is 7.08. The second-order valence-corrected chi connectivity index (χ2v) is 5.46. The molecule has 7 heteroatoms. The monoisotopic (exact) mass is 272 g/mol. The summed E-state index contributed by atoms with van der Waals surface area (Å²) < 4.78 is 36.1. The van der Waals surface area contributed by atoms with Gasteiger partial charge in [-0.1, -0.05) is 0 Å². The maximum Gasteiger partial charge on any atom is 1.00 e. The Hall–Kier alpha value is 0.570.